The molecule has 0 radical (unpaired) electrons. The van der Waals surface area contributed by atoms with Crippen LogP contribution in [0.2, 0.25) is 0 Å². The zero-order valence-electron chi connectivity index (χ0n) is 11.2. The predicted octanol–water partition coefficient (Wildman–Crippen LogP) is 3.48. The number of nitrogens with zero attached hydrogens (tertiary/aromatic N) is 2. The fourth-order valence-electron chi connectivity index (χ4n) is 1.77. The second-order valence-electron chi connectivity index (χ2n) is 4.55. The molecule has 1 heterocycles. The van der Waals surface area contributed by atoms with Gasteiger partial charge >= 0.3 is 0 Å². The summed E-state index contributed by atoms with van der Waals surface area (Å²) in [4.78, 5) is 0. The van der Waals surface area contributed by atoms with Crippen molar-refractivity contribution in [2.45, 2.75) is 18.6 Å². The lowest BCUT2D eigenvalue weighted by Crippen LogP contribution is -2.12. The van der Waals surface area contributed by atoms with Gasteiger partial charge in [-0.2, -0.15) is 16.9 Å². The summed E-state index contributed by atoms with van der Waals surface area (Å²) in [5, 5.41) is 4.24. The summed E-state index contributed by atoms with van der Waals surface area (Å²) in [5.41, 5.74) is 2.21. The van der Waals surface area contributed by atoms with Crippen LogP contribution in [0.25, 0.3) is 5.69 Å². The second-order valence-corrected chi connectivity index (χ2v) is 5.98. The Hall–Kier alpha value is -1.42. The number of aromatic nitrogens is 2. The molecule has 1 aromatic heterocycles. The van der Waals surface area contributed by atoms with Crippen LogP contribution in [0.5, 0.6) is 5.75 Å². The highest BCUT2D eigenvalue weighted by Gasteiger charge is 2.20. The van der Waals surface area contributed by atoms with Crippen LogP contribution in [-0.2, 0) is 4.75 Å². The third-order valence-electron chi connectivity index (χ3n) is 3.14. The molecule has 3 nitrogen and oxygen atoms in total. The van der Waals surface area contributed by atoms with Crippen LogP contribution >= 0.6 is 11.8 Å². The van der Waals surface area contributed by atoms with Crippen molar-refractivity contribution in [1.29, 1.82) is 0 Å². The highest BCUT2D eigenvalue weighted by atomic mass is 32.2. The lowest BCUT2D eigenvalue weighted by molar-refractivity contribution is 0.410. The number of ether oxygens (including phenoxy) is 1. The molecule has 18 heavy (non-hydrogen) atoms. The Labute approximate surface area is 112 Å². The molecule has 0 atom stereocenters. The van der Waals surface area contributed by atoms with E-state index in [2.05, 4.69) is 43.4 Å². The van der Waals surface area contributed by atoms with Crippen molar-refractivity contribution in [3.05, 3.63) is 42.2 Å². The van der Waals surface area contributed by atoms with E-state index >= 15 is 0 Å². The normalized spacial score (nSPS) is 11.6. The van der Waals surface area contributed by atoms with E-state index in [4.69, 9.17) is 4.74 Å². The van der Waals surface area contributed by atoms with E-state index in [0.717, 1.165) is 11.4 Å². The number of hydrogen-bond acceptors (Lipinski definition) is 3. The molecule has 0 unspecified atom stereocenters. The number of thioether (sulfide) groups is 1. The average Bonchev–Trinajstić information content (AvgIpc) is 2.91. The van der Waals surface area contributed by atoms with Gasteiger partial charge in [0.15, 0.2) is 0 Å². The summed E-state index contributed by atoms with van der Waals surface area (Å²) in [6.07, 6.45) is 5.80. The molecule has 0 amide bonds. The molecule has 0 bridgehead atoms. The molecular formula is C14H18N2OS. The highest BCUT2D eigenvalue weighted by Crippen LogP contribution is 2.36. The van der Waals surface area contributed by atoms with Crippen molar-refractivity contribution < 1.29 is 4.74 Å². The summed E-state index contributed by atoms with van der Waals surface area (Å²) in [6.45, 7) is 4.42. The molecule has 2 aromatic rings. The fraction of sp³-hybridized carbons (Fsp3) is 0.357. The summed E-state index contributed by atoms with van der Waals surface area (Å²) >= 11 is 1.82. The quantitative estimate of drug-likeness (QED) is 0.844. The molecular weight excluding hydrogens is 244 g/mol. The molecule has 1 aromatic carbocycles. The standard InChI is InChI=1S/C14H18N2OS/c1-14(2,18-4)11-6-7-12(13(10-11)17-3)16-9-5-8-15-16/h5-10H,1-4H3. The minimum Gasteiger partial charge on any atom is -0.494 e. The van der Waals surface area contributed by atoms with Crippen LogP contribution in [0.4, 0.5) is 0 Å². The lowest BCUT2D eigenvalue weighted by Gasteiger charge is -2.23. The first-order valence-corrected chi connectivity index (χ1v) is 7.04. The number of methoxy groups -OCH3 is 1. The Morgan fingerprint density at radius 1 is 1.33 bits per heavy atom. The second kappa shape index (κ2) is 5.06. The molecule has 0 saturated carbocycles. The Kier molecular flexibility index (Phi) is 3.66. The van der Waals surface area contributed by atoms with Crippen molar-refractivity contribution in [1.82, 2.24) is 9.78 Å². The van der Waals surface area contributed by atoms with E-state index in [1.54, 1.807) is 13.3 Å². The van der Waals surface area contributed by atoms with Gasteiger partial charge in [0, 0.05) is 17.1 Å². The topological polar surface area (TPSA) is 27.1 Å². The Morgan fingerprint density at radius 2 is 2.11 bits per heavy atom. The molecule has 0 aliphatic carbocycles. The minimum atomic E-state index is 0.0793. The summed E-state index contributed by atoms with van der Waals surface area (Å²) in [7, 11) is 1.69. The van der Waals surface area contributed by atoms with Gasteiger partial charge in [-0.25, -0.2) is 4.68 Å². The molecule has 0 saturated heterocycles. The molecule has 2 rings (SSSR count). The third-order valence-corrected chi connectivity index (χ3v) is 4.39. The first kappa shape index (κ1) is 13.0. The number of benzene rings is 1. The molecule has 0 aliphatic heterocycles. The molecule has 0 N–H and O–H groups in total. The van der Waals surface area contributed by atoms with Gasteiger partial charge in [-0.1, -0.05) is 6.07 Å². The largest absolute Gasteiger partial charge is 0.494 e. The van der Waals surface area contributed by atoms with E-state index in [1.807, 2.05) is 28.7 Å². The smallest absolute Gasteiger partial charge is 0.144 e. The Morgan fingerprint density at radius 3 is 2.67 bits per heavy atom. The zero-order chi connectivity index (χ0) is 13.2. The molecule has 0 fully saturated rings. The summed E-state index contributed by atoms with van der Waals surface area (Å²) in [6, 6.07) is 8.18. The van der Waals surface area contributed by atoms with E-state index in [-0.39, 0.29) is 4.75 Å². The minimum absolute atomic E-state index is 0.0793. The summed E-state index contributed by atoms with van der Waals surface area (Å²) < 4.78 is 7.37. The SMILES string of the molecule is COc1cc(C(C)(C)SC)ccc1-n1cccn1. The van der Waals surface area contributed by atoms with Crippen molar-refractivity contribution in [3.63, 3.8) is 0 Å². The maximum Gasteiger partial charge on any atom is 0.144 e. The van der Waals surface area contributed by atoms with Crippen molar-refractivity contribution in [3.8, 4) is 11.4 Å². The van der Waals surface area contributed by atoms with E-state index in [1.165, 1.54) is 5.56 Å². The van der Waals surface area contributed by atoms with Gasteiger partial charge in [0.2, 0.25) is 0 Å². The number of rotatable bonds is 4. The average molecular weight is 262 g/mol. The highest BCUT2D eigenvalue weighted by molar-refractivity contribution is 7.99. The van der Waals surface area contributed by atoms with E-state index < -0.39 is 0 Å². The van der Waals surface area contributed by atoms with Gasteiger partial charge in [-0.15, -0.1) is 0 Å². The summed E-state index contributed by atoms with van der Waals surface area (Å²) in [5.74, 6) is 0.846. The van der Waals surface area contributed by atoms with Crippen LogP contribution in [0.1, 0.15) is 19.4 Å². The van der Waals surface area contributed by atoms with E-state index in [9.17, 15) is 0 Å². The van der Waals surface area contributed by atoms with Gasteiger partial charge < -0.3 is 4.74 Å². The molecule has 96 valence electrons. The first-order valence-electron chi connectivity index (χ1n) is 5.82. The van der Waals surface area contributed by atoms with Gasteiger partial charge in [-0.05, 0) is 43.9 Å². The molecule has 4 heteroatoms. The Balaban J connectivity index is 2.47. The van der Waals surface area contributed by atoms with Crippen LogP contribution < -0.4 is 4.74 Å². The molecule has 0 spiro atoms. The van der Waals surface area contributed by atoms with Crippen molar-refractivity contribution in [2.24, 2.45) is 0 Å². The Bertz CT molecular complexity index is 521. The monoisotopic (exact) mass is 262 g/mol. The maximum absolute atomic E-state index is 5.48. The predicted molar refractivity (Wildman–Crippen MR) is 76.7 cm³/mol. The number of hydrogen-bond donors (Lipinski definition) is 0. The fourth-order valence-corrected chi connectivity index (χ4v) is 2.13. The van der Waals surface area contributed by atoms with E-state index in [0.29, 0.717) is 0 Å². The van der Waals surface area contributed by atoms with Crippen LogP contribution in [-0.4, -0.2) is 23.1 Å². The van der Waals surface area contributed by atoms with Crippen LogP contribution in [0.3, 0.4) is 0 Å². The first-order chi connectivity index (χ1) is 8.58. The zero-order valence-corrected chi connectivity index (χ0v) is 12.0. The van der Waals surface area contributed by atoms with Gasteiger partial charge in [0.05, 0.1) is 7.11 Å². The molecule has 0 aliphatic rings. The van der Waals surface area contributed by atoms with Gasteiger partial charge in [0.25, 0.3) is 0 Å². The van der Waals surface area contributed by atoms with Crippen molar-refractivity contribution >= 4 is 11.8 Å². The maximum atomic E-state index is 5.48. The van der Waals surface area contributed by atoms with Crippen molar-refractivity contribution in [2.75, 3.05) is 13.4 Å². The van der Waals surface area contributed by atoms with Crippen LogP contribution in [0, 0.1) is 0 Å². The van der Waals surface area contributed by atoms with Gasteiger partial charge in [-0.3, -0.25) is 0 Å². The lowest BCUT2D eigenvalue weighted by atomic mass is 10.0. The van der Waals surface area contributed by atoms with Crippen LogP contribution in [0.15, 0.2) is 36.7 Å². The van der Waals surface area contributed by atoms with Gasteiger partial charge in [0.1, 0.15) is 11.4 Å². The third kappa shape index (κ3) is 2.38.